The molecule has 0 bridgehead atoms. The molecule has 1 saturated carbocycles. The van der Waals surface area contributed by atoms with E-state index in [-0.39, 0.29) is 11.7 Å². The maximum Gasteiger partial charge on any atom is 0.130 e. The highest BCUT2D eigenvalue weighted by molar-refractivity contribution is 9.10. The Morgan fingerprint density at radius 3 is 2.60 bits per heavy atom. The fraction of sp³-hybridized carbons (Fsp3) is 0.500. The SMILES string of the molecule is OC(c1c(F)cccc1Br)C1CCCC1. The Morgan fingerprint density at radius 2 is 2.00 bits per heavy atom. The van der Waals surface area contributed by atoms with Crippen LogP contribution in [-0.2, 0) is 0 Å². The molecule has 1 nitrogen and oxygen atoms in total. The van der Waals surface area contributed by atoms with Gasteiger partial charge >= 0.3 is 0 Å². The number of aliphatic hydroxyl groups is 1. The largest absolute Gasteiger partial charge is 0.388 e. The summed E-state index contributed by atoms with van der Waals surface area (Å²) in [6, 6.07) is 4.82. The van der Waals surface area contributed by atoms with Gasteiger partial charge in [-0.3, -0.25) is 0 Å². The van der Waals surface area contributed by atoms with Crippen LogP contribution in [0.15, 0.2) is 22.7 Å². The van der Waals surface area contributed by atoms with E-state index in [4.69, 9.17) is 0 Å². The Morgan fingerprint density at radius 1 is 1.33 bits per heavy atom. The van der Waals surface area contributed by atoms with Gasteiger partial charge in [-0.1, -0.05) is 34.8 Å². The Bertz CT molecular complexity index is 327. The minimum Gasteiger partial charge on any atom is -0.388 e. The molecule has 1 atom stereocenters. The molecule has 0 saturated heterocycles. The molecule has 1 aliphatic carbocycles. The lowest BCUT2D eigenvalue weighted by atomic mass is 9.94. The Kier molecular flexibility index (Phi) is 3.42. The fourth-order valence-electron chi connectivity index (χ4n) is 2.30. The van der Waals surface area contributed by atoms with Crippen LogP contribution in [-0.4, -0.2) is 5.11 Å². The van der Waals surface area contributed by atoms with Crippen LogP contribution in [0.25, 0.3) is 0 Å². The van der Waals surface area contributed by atoms with Crippen molar-refractivity contribution in [1.82, 2.24) is 0 Å². The van der Waals surface area contributed by atoms with E-state index in [1.54, 1.807) is 12.1 Å². The van der Waals surface area contributed by atoms with Crippen molar-refractivity contribution in [2.45, 2.75) is 31.8 Å². The van der Waals surface area contributed by atoms with Gasteiger partial charge in [0, 0.05) is 10.0 Å². The number of hydrogen-bond donors (Lipinski definition) is 1. The summed E-state index contributed by atoms with van der Waals surface area (Å²) in [7, 11) is 0. The minimum atomic E-state index is -0.664. The monoisotopic (exact) mass is 272 g/mol. The summed E-state index contributed by atoms with van der Waals surface area (Å²) in [5.74, 6) is -0.0954. The predicted molar refractivity (Wildman–Crippen MR) is 61.0 cm³/mol. The first-order chi connectivity index (χ1) is 7.20. The van der Waals surface area contributed by atoms with Crippen molar-refractivity contribution < 1.29 is 9.50 Å². The second-order valence-electron chi connectivity index (χ2n) is 4.12. The zero-order chi connectivity index (χ0) is 10.8. The van der Waals surface area contributed by atoms with E-state index in [1.807, 2.05) is 0 Å². The van der Waals surface area contributed by atoms with Crippen LogP contribution < -0.4 is 0 Å². The third-order valence-corrected chi connectivity index (χ3v) is 3.83. The van der Waals surface area contributed by atoms with Gasteiger partial charge in [-0.2, -0.15) is 0 Å². The first-order valence-corrected chi connectivity index (χ1v) is 6.11. The Hall–Kier alpha value is -0.410. The number of aliphatic hydroxyl groups excluding tert-OH is 1. The van der Waals surface area contributed by atoms with Crippen molar-refractivity contribution in [2.75, 3.05) is 0 Å². The molecule has 1 unspecified atom stereocenters. The highest BCUT2D eigenvalue weighted by Gasteiger charge is 2.27. The van der Waals surface area contributed by atoms with Gasteiger partial charge in [0.05, 0.1) is 6.10 Å². The van der Waals surface area contributed by atoms with Crippen LogP contribution >= 0.6 is 15.9 Å². The van der Waals surface area contributed by atoms with Crippen LogP contribution in [0, 0.1) is 11.7 Å². The fourth-order valence-corrected chi connectivity index (χ4v) is 2.88. The lowest BCUT2D eigenvalue weighted by Gasteiger charge is -2.19. The molecule has 15 heavy (non-hydrogen) atoms. The van der Waals surface area contributed by atoms with Crippen LogP contribution in [0.1, 0.15) is 37.4 Å². The van der Waals surface area contributed by atoms with Gasteiger partial charge in [-0.15, -0.1) is 0 Å². The third kappa shape index (κ3) is 2.23. The molecule has 1 fully saturated rings. The molecule has 82 valence electrons. The summed E-state index contributed by atoms with van der Waals surface area (Å²) in [5, 5.41) is 10.1. The molecule has 1 aromatic rings. The first-order valence-electron chi connectivity index (χ1n) is 5.32. The van der Waals surface area contributed by atoms with Crippen molar-refractivity contribution in [2.24, 2.45) is 5.92 Å². The van der Waals surface area contributed by atoms with Crippen LogP contribution in [0.5, 0.6) is 0 Å². The highest BCUT2D eigenvalue weighted by Crippen LogP contribution is 2.38. The van der Waals surface area contributed by atoms with Gasteiger partial charge in [0.1, 0.15) is 5.82 Å². The summed E-state index contributed by atoms with van der Waals surface area (Å²) in [6.07, 6.45) is 3.63. The van der Waals surface area contributed by atoms with E-state index in [0.717, 1.165) is 25.7 Å². The van der Waals surface area contributed by atoms with Gasteiger partial charge < -0.3 is 5.11 Å². The average molecular weight is 273 g/mol. The molecule has 1 aliphatic rings. The van der Waals surface area contributed by atoms with E-state index < -0.39 is 6.10 Å². The van der Waals surface area contributed by atoms with Gasteiger partial charge in [-0.25, -0.2) is 4.39 Å². The second-order valence-corrected chi connectivity index (χ2v) is 4.98. The minimum absolute atomic E-state index is 0.221. The van der Waals surface area contributed by atoms with Crippen molar-refractivity contribution in [3.8, 4) is 0 Å². The third-order valence-electron chi connectivity index (χ3n) is 3.14. The number of halogens is 2. The molecular weight excluding hydrogens is 259 g/mol. The molecule has 1 N–H and O–H groups in total. The van der Waals surface area contributed by atoms with Crippen LogP contribution in [0.3, 0.4) is 0 Å². The van der Waals surface area contributed by atoms with Crippen molar-refractivity contribution >= 4 is 15.9 Å². The van der Waals surface area contributed by atoms with Crippen molar-refractivity contribution in [3.05, 3.63) is 34.1 Å². The predicted octanol–water partition coefficient (Wildman–Crippen LogP) is 3.81. The Balaban J connectivity index is 2.27. The number of hydrogen-bond acceptors (Lipinski definition) is 1. The van der Waals surface area contributed by atoms with Crippen molar-refractivity contribution in [1.29, 1.82) is 0 Å². The molecule has 0 amide bonds. The molecule has 0 radical (unpaired) electrons. The maximum atomic E-state index is 13.6. The lowest BCUT2D eigenvalue weighted by molar-refractivity contribution is 0.107. The quantitative estimate of drug-likeness (QED) is 0.868. The molecule has 0 aliphatic heterocycles. The molecule has 0 spiro atoms. The summed E-state index contributed by atoms with van der Waals surface area (Å²) >= 11 is 3.29. The lowest BCUT2D eigenvalue weighted by Crippen LogP contribution is -2.11. The summed E-state index contributed by atoms with van der Waals surface area (Å²) < 4.78 is 14.2. The normalized spacial score (nSPS) is 19.4. The van der Waals surface area contributed by atoms with E-state index in [0.29, 0.717) is 10.0 Å². The van der Waals surface area contributed by atoms with E-state index in [9.17, 15) is 9.50 Å². The summed E-state index contributed by atoms with van der Waals surface area (Å²) in [5.41, 5.74) is 0.421. The Labute approximate surface area is 97.4 Å². The zero-order valence-electron chi connectivity index (χ0n) is 8.42. The highest BCUT2D eigenvalue weighted by atomic mass is 79.9. The van der Waals surface area contributed by atoms with Gasteiger partial charge in [0.15, 0.2) is 0 Å². The smallest absolute Gasteiger partial charge is 0.130 e. The van der Waals surface area contributed by atoms with Crippen LogP contribution in [0.4, 0.5) is 4.39 Å². The van der Waals surface area contributed by atoms with Gasteiger partial charge in [-0.05, 0) is 30.9 Å². The average Bonchev–Trinajstić information content (AvgIpc) is 2.69. The van der Waals surface area contributed by atoms with Gasteiger partial charge in [0.25, 0.3) is 0 Å². The summed E-state index contributed by atoms with van der Waals surface area (Å²) in [6.45, 7) is 0. The molecular formula is C12H14BrFO. The first kappa shape index (κ1) is 11.1. The molecule has 0 aromatic heterocycles. The van der Waals surface area contributed by atoms with Gasteiger partial charge in [0.2, 0.25) is 0 Å². The van der Waals surface area contributed by atoms with Crippen LogP contribution in [0.2, 0.25) is 0 Å². The van der Waals surface area contributed by atoms with E-state index in [1.165, 1.54) is 6.07 Å². The molecule has 2 rings (SSSR count). The molecule has 1 aromatic carbocycles. The van der Waals surface area contributed by atoms with E-state index in [2.05, 4.69) is 15.9 Å². The van der Waals surface area contributed by atoms with E-state index >= 15 is 0 Å². The number of rotatable bonds is 2. The zero-order valence-corrected chi connectivity index (χ0v) is 10.0. The maximum absolute atomic E-state index is 13.6. The topological polar surface area (TPSA) is 20.2 Å². The van der Waals surface area contributed by atoms with Crippen molar-refractivity contribution in [3.63, 3.8) is 0 Å². The summed E-state index contributed by atoms with van der Waals surface area (Å²) in [4.78, 5) is 0. The molecule has 0 heterocycles. The standard InChI is InChI=1S/C12H14BrFO/c13-9-6-3-7-10(14)11(9)12(15)8-4-1-2-5-8/h3,6-8,12,15H,1-2,4-5H2. The number of benzene rings is 1. The second kappa shape index (κ2) is 4.62. The molecule has 3 heteroatoms.